The van der Waals surface area contributed by atoms with Crippen LogP contribution in [-0.4, -0.2) is 34.3 Å². The van der Waals surface area contributed by atoms with Crippen LogP contribution in [0.2, 0.25) is 0 Å². The lowest BCUT2D eigenvalue weighted by molar-refractivity contribution is 0.295. The molecule has 0 radical (unpaired) electrons. The normalized spacial score (nSPS) is 11.4. The lowest BCUT2D eigenvalue weighted by Gasteiger charge is -2.31. The lowest BCUT2D eigenvalue weighted by Crippen LogP contribution is -2.37. The molecule has 0 aliphatic rings. The summed E-state index contributed by atoms with van der Waals surface area (Å²) in [7, 11) is 0. The highest BCUT2D eigenvalue weighted by Gasteiger charge is 2.20. The maximum absolute atomic E-state index is 9.33. The van der Waals surface area contributed by atoms with Crippen molar-refractivity contribution in [1.82, 2.24) is 9.97 Å². The molecule has 1 N–H and O–H groups in total. The maximum atomic E-state index is 9.33. The quantitative estimate of drug-likeness (QED) is 0.883. The van der Waals surface area contributed by atoms with Crippen LogP contribution >= 0.6 is 11.3 Å². The fourth-order valence-electron chi connectivity index (χ4n) is 2.46. The molecule has 5 heteroatoms. The van der Waals surface area contributed by atoms with Crippen molar-refractivity contribution >= 4 is 27.4 Å². The molecule has 0 saturated carbocycles. The van der Waals surface area contributed by atoms with Crippen molar-refractivity contribution in [3.63, 3.8) is 0 Å². The minimum absolute atomic E-state index is 0.145. The predicted octanol–water partition coefficient (Wildman–Crippen LogP) is 2.99. The van der Waals surface area contributed by atoms with Gasteiger partial charge in [-0.25, -0.2) is 9.97 Å². The van der Waals surface area contributed by atoms with E-state index in [1.165, 1.54) is 5.56 Å². The van der Waals surface area contributed by atoms with Crippen molar-refractivity contribution in [1.29, 1.82) is 0 Å². The molecule has 0 unspecified atom stereocenters. The number of fused-ring (bicyclic) bond motifs is 1. The molecule has 0 aliphatic carbocycles. The molecule has 0 amide bonds. The van der Waals surface area contributed by atoms with Crippen molar-refractivity contribution in [2.24, 2.45) is 0 Å². The molecular formula is C14H21N3OS. The Morgan fingerprint density at radius 2 is 2.05 bits per heavy atom. The first-order valence-electron chi connectivity index (χ1n) is 6.79. The van der Waals surface area contributed by atoms with Crippen LogP contribution in [0.25, 0.3) is 10.2 Å². The first-order valence-corrected chi connectivity index (χ1v) is 7.67. The molecule has 104 valence electrons. The Labute approximate surface area is 118 Å². The fourth-order valence-corrected chi connectivity index (χ4v) is 3.47. The molecular weight excluding hydrogens is 258 g/mol. The molecule has 19 heavy (non-hydrogen) atoms. The van der Waals surface area contributed by atoms with Crippen LogP contribution in [0.4, 0.5) is 5.82 Å². The van der Waals surface area contributed by atoms with Crippen molar-refractivity contribution in [2.75, 3.05) is 18.1 Å². The minimum atomic E-state index is 0.145. The van der Waals surface area contributed by atoms with E-state index in [0.717, 1.165) is 28.9 Å². The molecule has 2 aromatic rings. The Morgan fingerprint density at radius 1 is 1.32 bits per heavy atom. The van der Waals surface area contributed by atoms with E-state index in [4.69, 9.17) is 0 Å². The molecule has 0 spiro atoms. The molecule has 0 saturated heterocycles. The zero-order chi connectivity index (χ0) is 13.8. The monoisotopic (exact) mass is 279 g/mol. The second kappa shape index (κ2) is 6.30. The summed E-state index contributed by atoms with van der Waals surface area (Å²) < 4.78 is 1.13. The summed E-state index contributed by atoms with van der Waals surface area (Å²) in [6.45, 7) is 7.19. The summed E-state index contributed by atoms with van der Waals surface area (Å²) in [6.07, 6.45) is 3.73. The van der Waals surface area contributed by atoms with E-state index in [1.54, 1.807) is 17.7 Å². The van der Waals surface area contributed by atoms with Crippen LogP contribution < -0.4 is 4.90 Å². The number of aryl methyl sites for hydroxylation is 1. The number of rotatable bonds is 6. The molecule has 4 nitrogen and oxygen atoms in total. The van der Waals surface area contributed by atoms with E-state index in [1.807, 2.05) is 0 Å². The highest BCUT2D eigenvalue weighted by atomic mass is 32.1. The standard InChI is InChI=1S/C14H21N3OS/c1-4-11(5-2)17(6-7-18)14-13-12(15-9-16-14)10(3)8-19-13/h8-9,11,18H,4-7H2,1-3H3. The van der Waals surface area contributed by atoms with Crippen LogP contribution in [0, 0.1) is 6.92 Å². The summed E-state index contributed by atoms with van der Waals surface area (Å²) in [5.74, 6) is 0.964. The molecule has 2 aromatic heterocycles. The number of aliphatic hydroxyl groups is 1. The van der Waals surface area contributed by atoms with Gasteiger partial charge in [0.15, 0.2) is 0 Å². The van der Waals surface area contributed by atoms with Gasteiger partial charge in [-0.1, -0.05) is 13.8 Å². The van der Waals surface area contributed by atoms with Crippen molar-refractivity contribution in [2.45, 2.75) is 39.7 Å². The Bertz CT molecular complexity index is 536. The van der Waals surface area contributed by atoms with Gasteiger partial charge in [0.25, 0.3) is 0 Å². The third-order valence-corrected chi connectivity index (χ3v) is 4.59. The van der Waals surface area contributed by atoms with Gasteiger partial charge in [0.05, 0.1) is 16.8 Å². The predicted molar refractivity (Wildman–Crippen MR) is 81.0 cm³/mol. The smallest absolute Gasteiger partial charge is 0.150 e. The lowest BCUT2D eigenvalue weighted by atomic mass is 10.1. The summed E-state index contributed by atoms with van der Waals surface area (Å²) in [5, 5.41) is 11.5. The summed E-state index contributed by atoms with van der Waals surface area (Å²) in [4.78, 5) is 11.1. The molecule has 0 aromatic carbocycles. The van der Waals surface area contributed by atoms with Crippen LogP contribution in [0.5, 0.6) is 0 Å². The summed E-state index contributed by atoms with van der Waals surface area (Å²) in [5.41, 5.74) is 2.22. The number of hydrogen-bond acceptors (Lipinski definition) is 5. The molecule has 2 rings (SSSR count). The maximum Gasteiger partial charge on any atom is 0.150 e. The minimum Gasteiger partial charge on any atom is -0.395 e. The average molecular weight is 279 g/mol. The highest BCUT2D eigenvalue weighted by molar-refractivity contribution is 7.18. The first-order chi connectivity index (χ1) is 9.22. The second-order valence-corrected chi connectivity index (χ2v) is 5.56. The third kappa shape index (κ3) is 2.72. The van der Waals surface area contributed by atoms with Gasteiger partial charge in [-0.2, -0.15) is 0 Å². The Kier molecular flexibility index (Phi) is 4.71. The number of thiophene rings is 1. The van der Waals surface area contributed by atoms with E-state index in [2.05, 4.69) is 41.0 Å². The van der Waals surface area contributed by atoms with Gasteiger partial charge in [-0.05, 0) is 30.7 Å². The Balaban J connectivity index is 2.49. The number of hydrogen-bond donors (Lipinski definition) is 1. The fraction of sp³-hybridized carbons (Fsp3) is 0.571. The second-order valence-electron chi connectivity index (χ2n) is 4.68. The van der Waals surface area contributed by atoms with Gasteiger partial charge >= 0.3 is 0 Å². The highest BCUT2D eigenvalue weighted by Crippen LogP contribution is 2.32. The van der Waals surface area contributed by atoms with Crippen LogP contribution in [0.3, 0.4) is 0 Å². The Hall–Kier alpha value is -1.20. The van der Waals surface area contributed by atoms with Crippen LogP contribution in [-0.2, 0) is 0 Å². The van der Waals surface area contributed by atoms with Crippen molar-refractivity contribution in [3.05, 3.63) is 17.3 Å². The molecule has 0 fully saturated rings. The van der Waals surface area contributed by atoms with E-state index in [0.29, 0.717) is 12.6 Å². The molecule has 0 bridgehead atoms. The zero-order valence-electron chi connectivity index (χ0n) is 11.8. The molecule has 2 heterocycles. The van der Waals surface area contributed by atoms with Gasteiger partial charge in [0.2, 0.25) is 0 Å². The molecule has 0 atom stereocenters. The number of aromatic nitrogens is 2. The first kappa shape index (κ1) is 14.2. The van der Waals surface area contributed by atoms with Gasteiger partial charge in [-0.3, -0.25) is 0 Å². The summed E-state index contributed by atoms with van der Waals surface area (Å²) in [6, 6.07) is 0.410. The average Bonchev–Trinajstić information content (AvgIpc) is 2.81. The largest absolute Gasteiger partial charge is 0.395 e. The number of nitrogens with zero attached hydrogens (tertiary/aromatic N) is 3. The van der Waals surface area contributed by atoms with Gasteiger partial charge in [0.1, 0.15) is 12.1 Å². The number of aliphatic hydroxyl groups excluding tert-OH is 1. The van der Waals surface area contributed by atoms with E-state index in [9.17, 15) is 5.11 Å². The van der Waals surface area contributed by atoms with Gasteiger partial charge in [-0.15, -0.1) is 11.3 Å². The van der Waals surface area contributed by atoms with Gasteiger partial charge in [0, 0.05) is 12.6 Å². The molecule has 0 aliphatic heterocycles. The van der Waals surface area contributed by atoms with E-state index in [-0.39, 0.29) is 6.61 Å². The van der Waals surface area contributed by atoms with Crippen molar-refractivity contribution < 1.29 is 5.11 Å². The zero-order valence-corrected chi connectivity index (χ0v) is 12.6. The van der Waals surface area contributed by atoms with Crippen molar-refractivity contribution in [3.8, 4) is 0 Å². The van der Waals surface area contributed by atoms with E-state index < -0.39 is 0 Å². The van der Waals surface area contributed by atoms with Crippen LogP contribution in [0.15, 0.2) is 11.7 Å². The van der Waals surface area contributed by atoms with Crippen LogP contribution in [0.1, 0.15) is 32.3 Å². The SMILES string of the molecule is CCC(CC)N(CCO)c1ncnc2c(C)csc12. The summed E-state index contributed by atoms with van der Waals surface area (Å²) >= 11 is 1.68. The van der Waals surface area contributed by atoms with Gasteiger partial charge < -0.3 is 10.0 Å². The topological polar surface area (TPSA) is 49.2 Å². The van der Waals surface area contributed by atoms with E-state index >= 15 is 0 Å². The third-order valence-electron chi connectivity index (χ3n) is 3.51. The Morgan fingerprint density at radius 3 is 2.68 bits per heavy atom. The number of anilines is 1.